The molecule has 33 heavy (non-hydrogen) atoms. The fraction of sp³-hybridized carbons (Fsp3) is 0.182. The van der Waals surface area contributed by atoms with Gasteiger partial charge >= 0.3 is 5.97 Å². The van der Waals surface area contributed by atoms with Crippen LogP contribution in [0, 0.1) is 12.7 Å². The summed E-state index contributed by atoms with van der Waals surface area (Å²) >= 11 is 11.9. The lowest BCUT2D eigenvalue weighted by Gasteiger charge is -2.14. The van der Waals surface area contributed by atoms with Crippen molar-refractivity contribution in [3.05, 3.63) is 81.0 Å². The van der Waals surface area contributed by atoms with E-state index in [-0.39, 0.29) is 21.4 Å². The quantitative estimate of drug-likeness (QED) is 0.286. The second-order valence-electron chi connectivity index (χ2n) is 7.28. The van der Waals surface area contributed by atoms with Crippen LogP contribution in [0.25, 0.3) is 0 Å². The Morgan fingerprint density at radius 2 is 1.88 bits per heavy atom. The molecule has 1 aliphatic rings. The van der Waals surface area contributed by atoms with Gasteiger partial charge in [-0.05, 0) is 62.2 Å². The van der Waals surface area contributed by atoms with Crippen molar-refractivity contribution in [1.82, 2.24) is 4.83 Å². The van der Waals surface area contributed by atoms with Gasteiger partial charge in [0.15, 0.2) is 0 Å². The number of carbonyl (C=O) groups excluding carboxylic acids is 1. The molecule has 1 N–H and O–H groups in total. The molecule has 2 aromatic carbocycles. The lowest BCUT2D eigenvalue weighted by Crippen LogP contribution is -2.22. The lowest BCUT2D eigenvalue weighted by atomic mass is 9.93. The van der Waals surface area contributed by atoms with Gasteiger partial charge in [0.25, 0.3) is 10.0 Å². The first-order valence-corrected chi connectivity index (χ1v) is 12.0. The lowest BCUT2D eigenvalue weighted by molar-refractivity contribution is 0.0698. The van der Waals surface area contributed by atoms with Crippen LogP contribution in [-0.2, 0) is 16.4 Å². The zero-order valence-corrected chi connectivity index (χ0v) is 19.5. The molecule has 0 amide bonds. The molecule has 0 unspecified atom stereocenters. The normalized spacial score (nSPS) is 14.7. The van der Waals surface area contributed by atoms with E-state index in [1.807, 2.05) is 0 Å². The number of aryl methyl sites for hydroxylation is 1. The van der Waals surface area contributed by atoms with E-state index in [0.717, 1.165) is 24.3 Å². The second kappa shape index (κ2) is 9.17. The first-order valence-electron chi connectivity index (χ1n) is 9.79. The Hall–Kier alpha value is -2.88. The number of hydrazone groups is 1. The van der Waals surface area contributed by atoms with Crippen molar-refractivity contribution in [2.45, 2.75) is 31.1 Å². The van der Waals surface area contributed by atoms with Gasteiger partial charge in [-0.2, -0.15) is 18.4 Å². The van der Waals surface area contributed by atoms with Crippen molar-refractivity contribution in [2.24, 2.45) is 5.10 Å². The van der Waals surface area contributed by atoms with Crippen LogP contribution in [0.1, 0.15) is 40.3 Å². The third kappa shape index (κ3) is 4.90. The SMILES string of the molecule is Cc1c(C(=O)Oc2ccc(Cl)cc2Cl)oc2c1/C(=N/NS(=O)(=O)c1ccc(F)cc1)CCC2. The highest BCUT2D eigenvalue weighted by atomic mass is 35.5. The molecule has 7 nitrogen and oxygen atoms in total. The van der Waals surface area contributed by atoms with Crippen molar-refractivity contribution in [1.29, 1.82) is 0 Å². The van der Waals surface area contributed by atoms with Crippen molar-refractivity contribution >= 4 is 44.9 Å². The highest BCUT2D eigenvalue weighted by Gasteiger charge is 2.29. The average Bonchev–Trinajstić information content (AvgIpc) is 3.12. The van der Waals surface area contributed by atoms with Crippen LogP contribution in [0.2, 0.25) is 10.0 Å². The first kappa shape index (κ1) is 23.3. The Morgan fingerprint density at radius 1 is 1.15 bits per heavy atom. The van der Waals surface area contributed by atoms with E-state index in [2.05, 4.69) is 9.93 Å². The Morgan fingerprint density at radius 3 is 2.58 bits per heavy atom. The van der Waals surface area contributed by atoms with Gasteiger partial charge in [0.05, 0.1) is 15.6 Å². The van der Waals surface area contributed by atoms with Gasteiger partial charge in [-0.15, -0.1) is 0 Å². The zero-order valence-electron chi connectivity index (χ0n) is 17.2. The smallest absolute Gasteiger partial charge is 0.379 e. The number of nitrogens with one attached hydrogen (secondary N) is 1. The number of hydrogen-bond donors (Lipinski definition) is 1. The average molecular weight is 511 g/mol. The Kier molecular flexibility index (Phi) is 6.47. The maximum atomic E-state index is 13.1. The molecule has 1 heterocycles. The number of rotatable bonds is 5. The molecule has 0 aliphatic heterocycles. The van der Waals surface area contributed by atoms with Crippen LogP contribution in [0.15, 0.2) is 56.9 Å². The van der Waals surface area contributed by atoms with Gasteiger partial charge in [-0.3, -0.25) is 0 Å². The van der Waals surface area contributed by atoms with Gasteiger partial charge in [0, 0.05) is 22.6 Å². The van der Waals surface area contributed by atoms with E-state index in [0.29, 0.717) is 46.9 Å². The molecule has 0 spiro atoms. The third-order valence-corrected chi connectivity index (χ3v) is 6.79. The summed E-state index contributed by atoms with van der Waals surface area (Å²) in [7, 11) is -4.00. The summed E-state index contributed by atoms with van der Waals surface area (Å²) in [6, 6.07) is 8.83. The molecule has 0 atom stereocenters. The Labute approximate surface area is 199 Å². The molecule has 0 radical (unpaired) electrons. The number of fused-ring (bicyclic) bond motifs is 1. The van der Waals surface area contributed by atoms with E-state index in [1.165, 1.54) is 18.2 Å². The molecule has 0 saturated carbocycles. The molecule has 1 aliphatic carbocycles. The van der Waals surface area contributed by atoms with E-state index in [1.54, 1.807) is 6.92 Å². The van der Waals surface area contributed by atoms with Crippen LogP contribution >= 0.6 is 23.2 Å². The van der Waals surface area contributed by atoms with Gasteiger partial charge in [-0.1, -0.05) is 23.2 Å². The molecule has 4 rings (SSSR count). The number of carbonyl (C=O) groups is 1. The number of sulfonamides is 1. The van der Waals surface area contributed by atoms with Crippen LogP contribution < -0.4 is 9.57 Å². The third-order valence-electron chi connectivity index (χ3n) is 5.03. The number of ether oxygens (including phenoxy) is 1. The topological polar surface area (TPSA) is 98.0 Å². The predicted octanol–water partition coefficient (Wildman–Crippen LogP) is 5.27. The summed E-state index contributed by atoms with van der Waals surface area (Å²) in [4.78, 5) is 14.8. The minimum absolute atomic E-state index is 0.0259. The highest BCUT2D eigenvalue weighted by Crippen LogP contribution is 2.32. The molecule has 1 aromatic heterocycles. The second-order valence-corrected chi connectivity index (χ2v) is 9.78. The van der Waals surface area contributed by atoms with Crippen LogP contribution in [0.4, 0.5) is 4.39 Å². The Balaban J connectivity index is 1.60. The van der Waals surface area contributed by atoms with Gasteiger partial charge in [0.1, 0.15) is 17.3 Å². The van der Waals surface area contributed by atoms with E-state index in [9.17, 15) is 17.6 Å². The van der Waals surface area contributed by atoms with Gasteiger partial charge in [0.2, 0.25) is 5.76 Å². The van der Waals surface area contributed by atoms with Gasteiger partial charge in [-0.25, -0.2) is 9.18 Å². The molecular weight excluding hydrogens is 494 g/mol. The summed E-state index contributed by atoms with van der Waals surface area (Å²) in [5.74, 6) is -0.696. The van der Waals surface area contributed by atoms with Crippen LogP contribution in [-0.4, -0.2) is 20.1 Å². The Bertz CT molecular complexity index is 1370. The molecule has 172 valence electrons. The maximum Gasteiger partial charge on any atom is 0.379 e. The summed E-state index contributed by atoms with van der Waals surface area (Å²) < 4.78 is 49.2. The monoisotopic (exact) mass is 510 g/mol. The number of esters is 1. The first-order chi connectivity index (χ1) is 15.7. The minimum atomic E-state index is -4.00. The number of nitrogens with zero attached hydrogens (tertiary/aromatic N) is 1. The molecule has 11 heteroatoms. The molecule has 0 fully saturated rings. The minimum Gasteiger partial charge on any atom is -0.453 e. The summed E-state index contributed by atoms with van der Waals surface area (Å²) in [6.07, 6.45) is 1.67. The van der Waals surface area contributed by atoms with Crippen molar-refractivity contribution in [2.75, 3.05) is 0 Å². The van der Waals surface area contributed by atoms with E-state index in [4.69, 9.17) is 32.4 Å². The predicted molar refractivity (Wildman–Crippen MR) is 121 cm³/mol. The highest BCUT2D eigenvalue weighted by molar-refractivity contribution is 7.89. The fourth-order valence-electron chi connectivity index (χ4n) is 3.46. The number of hydrogen-bond acceptors (Lipinski definition) is 6. The van der Waals surface area contributed by atoms with Crippen molar-refractivity contribution < 1.29 is 26.8 Å². The van der Waals surface area contributed by atoms with E-state index >= 15 is 0 Å². The maximum absolute atomic E-state index is 13.1. The number of furan rings is 1. The van der Waals surface area contributed by atoms with E-state index < -0.39 is 21.8 Å². The van der Waals surface area contributed by atoms with Crippen LogP contribution in [0.5, 0.6) is 5.75 Å². The van der Waals surface area contributed by atoms with Gasteiger partial charge < -0.3 is 9.15 Å². The van der Waals surface area contributed by atoms with Crippen molar-refractivity contribution in [3.8, 4) is 5.75 Å². The van der Waals surface area contributed by atoms with Crippen molar-refractivity contribution in [3.63, 3.8) is 0 Å². The van der Waals surface area contributed by atoms with Crippen LogP contribution in [0.3, 0.4) is 0 Å². The standard InChI is InChI=1S/C22H17Cl2FN2O5S/c1-12-20-17(26-27-33(29,30)15-8-6-14(25)7-9-15)3-2-4-19(20)31-21(12)22(28)32-18-10-5-13(23)11-16(18)24/h5-11,27H,2-4H2,1H3/b26-17+. The summed E-state index contributed by atoms with van der Waals surface area (Å²) in [5, 5.41) is 4.64. The molecular formula is C22H17Cl2FN2O5S. The fourth-order valence-corrected chi connectivity index (χ4v) is 4.74. The molecule has 0 bridgehead atoms. The summed E-state index contributed by atoms with van der Waals surface area (Å²) in [6.45, 7) is 1.66. The molecule has 0 saturated heterocycles. The summed E-state index contributed by atoms with van der Waals surface area (Å²) in [5.41, 5.74) is 1.45. The zero-order chi connectivity index (χ0) is 23.8. The largest absolute Gasteiger partial charge is 0.453 e. The number of benzene rings is 2. The number of halogens is 3. The molecule has 3 aromatic rings.